The summed E-state index contributed by atoms with van der Waals surface area (Å²) in [6, 6.07) is 12.0. The molecule has 0 fully saturated rings. The van der Waals surface area contributed by atoms with E-state index >= 15 is 0 Å². The van der Waals surface area contributed by atoms with E-state index < -0.39 is 0 Å². The summed E-state index contributed by atoms with van der Waals surface area (Å²) in [4.78, 5) is 0. The Labute approximate surface area is 116 Å². The van der Waals surface area contributed by atoms with Gasteiger partial charge in [-0.15, -0.1) is 0 Å². The lowest BCUT2D eigenvalue weighted by Gasteiger charge is -2.14. The first-order chi connectivity index (χ1) is 9.14. The second-order valence-corrected chi connectivity index (χ2v) is 5.23. The van der Waals surface area contributed by atoms with Crippen molar-refractivity contribution in [1.82, 2.24) is 0 Å². The molecule has 1 rings (SSSR count). The fraction of sp³-hybridized carbons (Fsp3) is 0.562. The standard InChI is InChI=1S/C16H23NO2/c1-16(2,14-17)10-6-7-11-18-12-13-19-15-8-4-3-5-9-15/h3-5,8-9H,6-7,10-13H2,1-2H3. The number of unbranched alkanes of at least 4 members (excludes halogenated alkanes) is 1. The first-order valence-corrected chi connectivity index (χ1v) is 6.81. The van der Waals surface area contributed by atoms with Crippen LogP contribution in [0.25, 0.3) is 0 Å². The molecular formula is C16H23NO2. The summed E-state index contributed by atoms with van der Waals surface area (Å²) in [5.74, 6) is 0.877. The third kappa shape index (κ3) is 7.48. The monoisotopic (exact) mass is 261 g/mol. The van der Waals surface area contributed by atoms with Gasteiger partial charge in [0.1, 0.15) is 12.4 Å². The predicted octanol–water partition coefficient (Wildman–Crippen LogP) is 3.80. The minimum atomic E-state index is -0.212. The van der Waals surface area contributed by atoms with Crippen molar-refractivity contribution in [1.29, 1.82) is 5.26 Å². The van der Waals surface area contributed by atoms with Crippen LogP contribution in [0.1, 0.15) is 33.1 Å². The molecule has 1 aromatic rings. The molecule has 0 radical (unpaired) electrons. The molecule has 0 aliphatic rings. The molecule has 0 heterocycles. The molecular weight excluding hydrogens is 238 g/mol. The van der Waals surface area contributed by atoms with E-state index in [1.165, 1.54) is 0 Å². The van der Waals surface area contributed by atoms with Crippen LogP contribution < -0.4 is 4.74 Å². The molecule has 19 heavy (non-hydrogen) atoms. The molecule has 0 spiro atoms. The number of hydrogen-bond donors (Lipinski definition) is 0. The third-order valence-corrected chi connectivity index (χ3v) is 2.88. The summed E-state index contributed by atoms with van der Waals surface area (Å²) in [6.07, 6.45) is 2.95. The molecule has 0 aromatic heterocycles. The average Bonchev–Trinajstić information content (AvgIpc) is 2.43. The van der Waals surface area contributed by atoms with Crippen molar-refractivity contribution in [2.24, 2.45) is 5.41 Å². The SMILES string of the molecule is CC(C)(C#N)CCCCOCCOc1ccccc1. The normalized spacial score (nSPS) is 11.0. The summed E-state index contributed by atoms with van der Waals surface area (Å²) < 4.78 is 11.0. The van der Waals surface area contributed by atoms with Crippen LogP contribution in [0, 0.1) is 16.7 Å². The smallest absolute Gasteiger partial charge is 0.119 e. The second-order valence-electron chi connectivity index (χ2n) is 5.23. The molecule has 3 heteroatoms. The fourth-order valence-electron chi connectivity index (χ4n) is 1.66. The summed E-state index contributed by atoms with van der Waals surface area (Å²) in [6.45, 7) is 5.87. The molecule has 1 aromatic carbocycles. The molecule has 0 bridgehead atoms. The zero-order valence-corrected chi connectivity index (χ0v) is 11.9. The van der Waals surface area contributed by atoms with Gasteiger partial charge >= 0.3 is 0 Å². The highest BCUT2D eigenvalue weighted by Crippen LogP contribution is 2.21. The molecule has 0 atom stereocenters. The molecule has 3 nitrogen and oxygen atoms in total. The van der Waals surface area contributed by atoms with E-state index in [0.717, 1.165) is 31.6 Å². The molecule has 0 unspecified atom stereocenters. The Kier molecular flexibility index (Phi) is 6.99. The molecule has 0 N–H and O–H groups in total. The van der Waals surface area contributed by atoms with Crippen LogP contribution in [0.4, 0.5) is 0 Å². The van der Waals surface area contributed by atoms with Gasteiger partial charge in [0.25, 0.3) is 0 Å². The third-order valence-electron chi connectivity index (χ3n) is 2.88. The van der Waals surface area contributed by atoms with Gasteiger partial charge < -0.3 is 9.47 Å². The first-order valence-electron chi connectivity index (χ1n) is 6.81. The molecule has 0 saturated carbocycles. The fourth-order valence-corrected chi connectivity index (χ4v) is 1.66. The van der Waals surface area contributed by atoms with E-state index in [-0.39, 0.29) is 5.41 Å². The Morgan fingerprint density at radius 2 is 1.79 bits per heavy atom. The van der Waals surface area contributed by atoms with Gasteiger partial charge in [0.15, 0.2) is 0 Å². The molecule has 0 aliphatic heterocycles. The van der Waals surface area contributed by atoms with Crippen molar-refractivity contribution in [3.63, 3.8) is 0 Å². The van der Waals surface area contributed by atoms with Gasteiger partial charge in [-0.25, -0.2) is 0 Å². The summed E-state index contributed by atoms with van der Waals surface area (Å²) in [5, 5.41) is 8.88. The number of benzene rings is 1. The largest absolute Gasteiger partial charge is 0.491 e. The van der Waals surface area contributed by atoms with E-state index in [1.807, 2.05) is 44.2 Å². The van der Waals surface area contributed by atoms with E-state index in [9.17, 15) is 0 Å². The first kappa shape index (κ1) is 15.5. The maximum absolute atomic E-state index is 8.88. The van der Waals surface area contributed by atoms with Gasteiger partial charge in [0.2, 0.25) is 0 Å². The van der Waals surface area contributed by atoms with Crippen molar-refractivity contribution in [3.8, 4) is 11.8 Å². The van der Waals surface area contributed by atoms with Gasteiger partial charge in [-0.3, -0.25) is 0 Å². The van der Waals surface area contributed by atoms with E-state index in [2.05, 4.69) is 6.07 Å². The Morgan fingerprint density at radius 1 is 1.05 bits per heavy atom. The van der Waals surface area contributed by atoms with Gasteiger partial charge in [0, 0.05) is 6.61 Å². The van der Waals surface area contributed by atoms with Crippen molar-refractivity contribution in [2.75, 3.05) is 19.8 Å². The lowest BCUT2D eigenvalue weighted by atomic mass is 9.89. The Bertz CT molecular complexity index is 381. The minimum absolute atomic E-state index is 0.212. The summed E-state index contributed by atoms with van der Waals surface area (Å²) >= 11 is 0. The van der Waals surface area contributed by atoms with Crippen LogP contribution in [0.5, 0.6) is 5.75 Å². The summed E-state index contributed by atoms with van der Waals surface area (Å²) in [5.41, 5.74) is -0.212. The maximum atomic E-state index is 8.88. The van der Waals surface area contributed by atoms with Crippen molar-refractivity contribution < 1.29 is 9.47 Å². The number of ether oxygens (including phenoxy) is 2. The Balaban J connectivity index is 1.94. The maximum Gasteiger partial charge on any atom is 0.119 e. The second kappa shape index (κ2) is 8.55. The van der Waals surface area contributed by atoms with Crippen molar-refractivity contribution in [2.45, 2.75) is 33.1 Å². The number of hydrogen-bond acceptors (Lipinski definition) is 3. The number of para-hydroxylation sites is 1. The quantitative estimate of drug-likeness (QED) is 0.635. The number of rotatable bonds is 9. The summed E-state index contributed by atoms with van der Waals surface area (Å²) in [7, 11) is 0. The van der Waals surface area contributed by atoms with Crippen LogP contribution in [-0.4, -0.2) is 19.8 Å². The highest BCUT2D eigenvalue weighted by Gasteiger charge is 2.15. The van der Waals surface area contributed by atoms with Crippen LogP contribution in [0.3, 0.4) is 0 Å². The molecule has 0 amide bonds. The van der Waals surface area contributed by atoms with Crippen LogP contribution in [0.15, 0.2) is 30.3 Å². The van der Waals surface area contributed by atoms with Crippen molar-refractivity contribution in [3.05, 3.63) is 30.3 Å². The van der Waals surface area contributed by atoms with Crippen molar-refractivity contribution >= 4 is 0 Å². The minimum Gasteiger partial charge on any atom is -0.491 e. The zero-order valence-electron chi connectivity index (χ0n) is 11.9. The number of nitrogens with zero attached hydrogens (tertiary/aromatic N) is 1. The lowest BCUT2D eigenvalue weighted by Crippen LogP contribution is -2.09. The van der Waals surface area contributed by atoms with E-state index in [1.54, 1.807) is 0 Å². The lowest BCUT2D eigenvalue weighted by molar-refractivity contribution is 0.0961. The highest BCUT2D eigenvalue weighted by molar-refractivity contribution is 5.20. The van der Waals surface area contributed by atoms with Gasteiger partial charge in [-0.2, -0.15) is 5.26 Å². The molecule has 0 aliphatic carbocycles. The van der Waals surface area contributed by atoms with Gasteiger partial charge in [-0.05, 0) is 45.2 Å². The van der Waals surface area contributed by atoms with Crippen LogP contribution in [-0.2, 0) is 4.74 Å². The molecule has 104 valence electrons. The highest BCUT2D eigenvalue weighted by atomic mass is 16.5. The van der Waals surface area contributed by atoms with E-state index in [0.29, 0.717) is 13.2 Å². The van der Waals surface area contributed by atoms with E-state index in [4.69, 9.17) is 14.7 Å². The Hall–Kier alpha value is -1.53. The zero-order chi connectivity index (χ0) is 14.0. The van der Waals surface area contributed by atoms with Gasteiger partial charge in [0.05, 0.1) is 18.1 Å². The van der Waals surface area contributed by atoms with Gasteiger partial charge in [-0.1, -0.05) is 18.2 Å². The Morgan fingerprint density at radius 3 is 2.47 bits per heavy atom. The van der Waals surface area contributed by atoms with Crippen LogP contribution >= 0.6 is 0 Å². The predicted molar refractivity (Wildman–Crippen MR) is 76.0 cm³/mol. The van der Waals surface area contributed by atoms with Crippen LogP contribution in [0.2, 0.25) is 0 Å². The molecule has 0 saturated heterocycles. The number of nitriles is 1. The topological polar surface area (TPSA) is 42.2 Å². The average molecular weight is 261 g/mol.